The van der Waals surface area contributed by atoms with E-state index in [1.807, 2.05) is 11.8 Å². The van der Waals surface area contributed by atoms with Gasteiger partial charge in [0.1, 0.15) is 5.75 Å². The first-order chi connectivity index (χ1) is 10.6. The van der Waals surface area contributed by atoms with Crippen molar-refractivity contribution in [3.8, 4) is 5.75 Å². The summed E-state index contributed by atoms with van der Waals surface area (Å²) in [5.74, 6) is 2.37. The van der Waals surface area contributed by atoms with Crippen molar-refractivity contribution in [3.63, 3.8) is 0 Å². The second-order valence-corrected chi connectivity index (χ2v) is 6.22. The van der Waals surface area contributed by atoms with Gasteiger partial charge < -0.3 is 20.7 Å². The maximum atomic E-state index is 12.1. The molecule has 2 amide bonds. The number of carbonyl (C=O) groups excluding carboxylic acids is 2. The van der Waals surface area contributed by atoms with Gasteiger partial charge in [-0.25, -0.2) is 0 Å². The number of thioether (sulfide) groups is 1. The number of nitrogens with one attached hydrogen (secondary N) is 3. The fourth-order valence-corrected chi connectivity index (χ4v) is 3.21. The highest BCUT2D eigenvalue weighted by Crippen LogP contribution is 2.28. The summed E-state index contributed by atoms with van der Waals surface area (Å²) in [6, 6.07) is 5.38. The lowest BCUT2D eigenvalue weighted by Crippen LogP contribution is -2.39. The molecule has 0 bridgehead atoms. The molecule has 7 heteroatoms. The lowest BCUT2D eigenvalue weighted by Gasteiger charge is -2.22. The van der Waals surface area contributed by atoms with E-state index in [-0.39, 0.29) is 17.9 Å². The Balaban J connectivity index is 1.99. The molecular weight excluding hydrogens is 302 g/mol. The molecule has 22 heavy (non-hydrogen) atoms. The van der Waals surface area contributed by atoms with Crippen molar-refractivity contribution in [3.05, 3.63) is 18.2 Å². The average Bonchev–Trinajstić information content (AvgIpc) is 2.48. The normalized spacial score (nSPS) is 17.6. The smallest absolute Gasteiger partial charge is 0.225 e. The van der Waals surface area contributed by atoms with Crippen molar-refractivity contribution < 1.29 is 14.3 Å². The van der Waals surface area contributed by atoms with Gasteiger partial charge in [-0.3, -0.25) is 9.59 Å². The molecule has 1 aliphatic heterocycles. The molecule has 1 heterocycles. The van der Waals surface area contributed by atoms with Crippen LogP contribution in [0.3, 0.4) is 0 Å². The van der Waals surface area contributed by atoms with Gasteiger partial charge in [0, 0.05) is 43.1 Å². The van der Waals surface area contributed by atoms with Gasteiger partial charge in [-0.1, -0.05) is 0 Å². The Hall–Kier alpha value is -1.73. The predicted molar refractivity (Wildman–Crippen MR) is 89.7 cm³/mol. The zero-order chi connectivity index (χ0) is 15.9. The first-order valence-electron chi connectivity index (χ1n) is 7.15. The Morgan fingerprint density at radius 3 is 2.86 bits per heavy atom. The van der Waals surface area contributed by atoms with E-state index in [9.17, 15) is 9.59 Å². The Labute approximate surface area is 134 Å². The fraction of sp³-hybridized carbons (Fsp3) is 0.467. The SMILES string of the molecule is COc1ccc(NC(=O)CC2CSCCN2)cc1NC(C)=O. The standard InChI is InChI=1S/C15H21N3O3S/c1-10(19)17-13-7-11(3-4-14(13)21-2)18-15(20)8-12-9-22-6-5-16-12/h3-4,7,12,16H,5-6,8-9H2,1-2H3,(H,17,19)(H,18,20). The van der Waals surface area contributed by atoms with Crippen LogP contribution in [0.2, 0.25) is 0 Å². The molecule has 1 aliphatic rings. The Bertz CT molecular complexity index is 545. The molecular formula is C15H21N3O3S. The predicted octanol–water partition coefficient (Wildman–Crippen LogP) is 1.69. The first-order valence-corrected chi connectivity index (χ1v) is 8.30. The minimum Gasteiger partial charge on any atom is -0.495 e. The largest absolute Gasteiger partial charge is 0.495 e. The fourth-order valence-electron chi connectivity index (χ4n) is 2.26. The van der Waals surface area contributed by atoms with Gasteiger partial charge in [-0.05, 0) is 18.2 Å². The third-order valence-electron chi connectivity index (χ3n) is 3.22. The number of ether oxygens (including phenoxy) is 1. The van der Waals surface area contributed by atoms with Crippen molar-refractivity contribution >= 4 is 35.0 Å². The molecule has 0 saturated carbocycles. The Kier molecular flexibility index (Phi) is 6.09. The third-order valence-corrected chi connectivity index (χ3v) is 4.36. The van der Waals surface area contributed by atoms with Crippen molar-refractivity contribution in [1.29, 1.82) is 0 Å². The van der Waals surface area contributed by atoms with Crippen molar-refractivity contribution in [2.75, 3.05) is 35.8 Å². The average molecular weight is 323 g/mol. The molecule has 0 spiro atoms. The van der Waals surface area contributed by atoms with E-state index in [1.165, 1.54) is 14.0 Å². The van der Waals surface area contributed by atoms with Crippen LogP contribution in [0.25, 0.3) is 0 Å². The Morgan fingerprint density at radius 2 is 2.23 bits per heavy atom. The van der Waals surface area contributed by atoms with Crippen LogP contribution in [0.4, 0.5) is 11.4 Å². The van der Waals surface area contributed by atoms with E-state index in [2.05, 4.69) is 16.0 Å². The summed E-state index contributed by atoms with van der Waals surface area (Å²) in [7, 11) is 1.53. The molecule has 1 fully saturated rings. The molecule has 2 rings (SSSR count). The van der Waals surface area contributed by atoms with Crippen molar-refractivity contribution in [1.82, 2.24) is 5.32 Å². The Morgan fingerprint density at radius 1 is 1.41 bits per heavy atom. The summed E-state index contributed by atoms with van der Waals surface area (Å²) in [6.45, 7) is 2.37. The molecule has 0 aromatic heterocycles. The van der Waals surface area contributed by atoms with Gasteiger partial charge in [-0.15, -0.1) is 0 Å². The summed E-state index contributed by atoms with van der Waals surface area (Å²) < 4.78 is 5.19. The van der Waals surface area contributed by atoms with Crippen LogP contribution in [0, 0.1) is 0 Å². The van der Waals surface area contributed by atoms with E-state index in [0.29, 0.717) is 23.5 Å². The molecule has 1 atom stereocenters. The van der Waals surface area contributed by atoms with Crippen LogP contribution in [0.5, 0.6) is 5.75 Å². The number of rotatable bonds is 5. The number of hydrogen-bond acceptors (Lipinski definition) is 5. The number of methoxy groups -OCH3 is 1. The highest BCUT2D eigenvalue weighted by Gasteiger charge is 2.17. The van der Waals surface area contributed by atoms with Gasteiger partial charge in [0.2, 0.25) is 11.8 Å². The monoisotopic (exact) mass is 323 g/mol. The summed E-state index contributed by atoms with van der Waals surface area (Å²) in [5.41, 5.74) is 1.18. The highest BCUT2D eigenvalue weighted by molar-refractivity contribution is 7.99. The number of carbonyl (C=O) groups is 2. The molecule has 1 aromatic carbocycles. The van der Waals surface area contributed by atoms with Crippen LogP contribution < -0.4 is 20.7 Å². The summed E-state index contributed by atoms with van der Waals surface area (Å²) in [4.78, 5) is 23.3. The van der Waals surface area contributed by atoms with Crippen LogP contribution in [-0.2, 0) is 9.59 Å². The molecule has 0 aliphatic carbocycles. The highest BCUT2D eigenvalue weighted by atomic mass is 32.2. The van der Waals surface area contributed by atoms with Gasteiger partial charge in [-0.2, -0.15) is 11.8 Å². The number of amides is 2. The molecule has 1 aromatic rings. The van der Waals surface area contributed by atoms with E-state index in [1.54, 1.807) is 18.2 Å². The van der Waals surface area contributed by atoms with Crippen LogP contribution in [-0.4, -0.2) is 43.0 Å². The number of anilines is 2. The maximum absolute atomic E-state index is 12.1. The van der Waals surface area contributed by atoms with E-state index in [0.717, 1.165) is 18.1 Å². The van der Waals surface area contributed by atoms with E-state index in [4.69, 9.17) is 4.74 Å². The van der Waals surface area contributed by atoms with Gasteiger partial charge in [0.25, 0.3) is 0 Å². The second-order valence-electron chi connectivity index (χ2n) is 5.07. The molecule has 1 saturated heterocycles. The molecule has 120 valence electrons. The number of hydrogen-bond donors (Lipinski definition) is 3. The van der Waals surface area contributed by atoms with Crippen molar-refractivity contribution in [2.24, 2.45) is 0 Å². The molecule has 6 nitrogen and oxygen atoms in total. The summed E-state index contributed by atoms with van der Waals surface area (Å²) in [5, 5.41) is 8.88. The first kappa shape index (κ1) is 16.6. The summed E-state index contributed by atoms with van der Waals surface area (Å²) >= 11 is 1.86. The zero-order valence-corrected chi connectivity index (χ0v) is 13.6. The van der Waals surface area contributed by atoms with Gasteiger partial charge in [0.15, 0.2) is 0 Å². The van der Waals surface area contributed by atoms with Gasteiger partial charge in [0.05, 0.1) is 12.8 Å². The molecule has 3 N–H and O–H groups in total. The van der Waals surface area contributed by atoms with Gasteiger partial charge >= 0.3 is 0 Å². The minimum atomic E-state index is -0.190. The van der Waals surface area contributed by atoms with Crippen LogP contribution in [0.1, 0.15) is 13.3 Å². The molecule has 0 radical (unpaired) electrons. The maximum Gasteiger partial charge on any atom is 0.225 e. The zero-order valence-electron chi connectivity index (χ0n) is 12.8. The van der Waals surface area contributed by atoms with Crippen LogP contribution in [0.15, 0.2) is 18.2 Å². The van der Waals surface area contributed by atoms with E-state index >= 15 is 0 Å². The summed E-state index contributed by atoms with van der Waals surface area (Å²) in [6.07, 6.45) is 0.439. The quantitative estimate of drug-likeness (QED) is 0.768. The lowest BCUT2D eigenvalue weighted by molar-refractivity contribution is -0.116. The molecule has 1 unspecified atom stereocenters. The topological polar surface area (TPSA) is 79.5 Å². The second kappa shape index (κ2) is 8.05. The van der Waals surface area contributed by atoms with Crippen LogP contribution >= 0.6 is 11.8 Å². The van der Waals surface area contributed by atoms with Crippen molar-refractivity contribution in [2.45, 2.75) is 19.4 Å². The number of benzene rings is 1. The minimum absolute atomic E-state index is 0.0426. The third kappa shape index (κ3) is 4.92. The van der Waals surface area contributed by atoms with E-state index < -0.39 is 0 Å². The lowest BCUT2D eigenvalue weighted by atomic mass is 10.2.